The van der Waals surface area contributed by atoms with Crippen LogP contribution in [-0.2, 0) is 22.6 Å². The van der Waals surface area contributed by atoms with Crippen molar-refractivity contribution in [2.45, 2.75) is 33.8 Å². The van der Waals surface area contributed by atoms with E-state index in [2.05, 4.69) is 15.3 Å². The zero-order valence-electron chi connectivity index (χ0n) is 10.8. The third-order valence-corrected chi connectivity index (χ3v) is 2.79. The maximum absolute atomic E-state index is 11.7. The molecule has 17 heavy (non-hydrogen) atoms. The van der Waals surface area contributed by atoms with E-state index in [1.54, 1.807) is 0 Å². The number of carbonyl (C=O) groups is 1. The van der Waals surface area contributed by atoms with Crippen LogP contribution in [-0.4, -0.2) is 12.1 Å². The predicted octanol–water partition coefficient (Wildman–Crippen LogP) is 3.19. The lowest BCUT2D eigenvalue weighted by Crippen LogP contribution is -2.22. The average molecular weight is 252 g/mol. The summed E-state index contributed by atoms with van der Waals surface area (Å²) in [5.74, 6) is -0.154. The molecule has 0 aliphatic carbocycles. The van der Waals surface area contributed by atoms with Gasteiger partial charge in [0.25, 0.3) is 0 Å². The second-order valence-electron chi connectivity index (χ2n) is 5.13. The molecule has 1 unspecified atom stereocenters. The molecule has 3 heteroatoms. The molecular weight excluding hydrogens is 231 g/mol. The molecule has 0 bridgehead atoms. The Balaban J connectivity index is 2.66. The maximum Gasteiger partial charge on any atom is 0.311 e. The van der Waals surface area contributed by atoms with Crippen LogP contribution in [0.5, 0.6) is 0 Å². The molecule has 0 N–H and O–H groups in total. The summed E-state index contributed by atoms with van der Waals surface area (Å²) in [5, 5.41) is 0. The normalized spacial score (nSPS) is 11.3. The summed E-state index contributed by atoms with van der Waals surface area (Å²) in [4.78, 5) is 11.7. The molecule has 0 saturated heterocycles. The van der Waals surface area contributed by atoms with E-state index in [-0.39, 0.29) is 5.97 Å². The molecule has 1 atom stereocenters. The van der Waals surface area contributed by atoms with Crippen molar-refractivity contribution in [3.05, 3.63) is 35.4 Å². The van der Waals surface area contributed by atoms with Crippen molar-refractivity contribution in [3.63, 3.8) is 0 Å². The minimum Gasteiger partial charge on any atom is -0.460 e. The second-order valence-corrected chi connectivity index (χ2v) is 5.71. The lowest BCUT2D eigenvalue weighted by atomic mass is 9.97. The Morgan fingerprint density at radius 1 is 1.24 bits per heavy atom. The number of hydrogen-bond acceptors (Lipinski definition) is 2. The zero-order valence-corrected chi connectivity index (χ0v) is 12.0. The number of carbonyl (C=O) groups excluding carboxylic acids is 1. The van der Waals surface area contributed by atoms with Gasteiger partial charge in [-0.15, -0.1) is 9.24 Å². The molecular formula is C14H21O2P. The van der Waals surface area contributed by atoms with E-state index in [9.17, 15) is 4.79 Å². The van der Waals surface area contributed by atoms with Gasteiger partial charge in [0.05, 0.1) is 5.41 Å². The molecule has 0 aliphatic rings. The number of benzene rings is 1. The fourth-order valence-electron chi connectivity index (χ4n) is 1.46. The largest absolute Gasteiger partial charge is 0.460 e. The van der Waals surface area contributed by atoms with Crippen LogP contribution in [0, 0.1) is 5.41 Å². The van der Waals surface area contributed by atoms with Gasteiger partial charge in [0, 0.05) is 0 Å². The highest BCUT2D eigenvalue weighted by Crippen LogP contribution is 2.18. The first-order valence-corrected chi connectivity index (χ1v) is 6.71. The highest BCUT2D eigenvalue weighted by Gasteiger charge is 2.23. The molecule has 0 aromatic heterocycles. The SMILES string of the molecule is CC(C)(C)C(=O)OCc1ccccc1CCP. The van der Waals surface area contributed by atoms with Crippen molar-refractivity contribution in [1.82, 2.24) is 0 Å². The van der Waals surface area contributed by atoms with Crippen LogP contribution in [0.15, 0.2) is 24.3 Å². The molecule has 0 saturated carbocycles. The standard InChI is InChI=1S/C14H21O2P/c1-14(2,3)13(15)16-10-12-7-5-4-6-11(12)8-9-17/h4-7H,8-10,17H2,1-3H3. The lowest BCUT2D eigenvalue weighted by Gasteiger charge is -2.17. The molecule has 1 aromatic carbocycles. The third-order valence-electron chi connectivity index (χ3n) is 2.50. The molecule has 0 heterocycles. The Labute approximate surface area is 106 Å². The molecule has 1 aromatic rings. The van der Waals surface area contributed by atoms with E-state index in [4.69, 9.17) is 4.74 Å². The fourth-order valence-corrected chi connectivity index (χ4v) is 1.77. The lowest BCUT2D eigenvalue weighted by molar-refractivity contribution is -0.154. The van der Waals surface area contributed by atoms with Crippen molar-refractivity contribution >= 4 is 15.2 Å². The van der Waals surface area contributed by atoms with E-state index >= 15 is 0 Å². The van der Waals surface area contributed by atoms with Gasteiger partial charge in [-0.2, -0.15) is 0 Å². The van der Waals surface area contributed by atoms with E-state index in [1.807, 2.05) is 39.0 Å². The van der Waals surface area contributed by atoms with Gasteiger partial charge in [-0.05, 0) is 44.5 Å². The van der Waals surface area contributed by atoms with Gasteiger partial charge in [0.2, 0.25) is 0 Å². The van der Waals surface area contributed by atoms with Crippen LogP contribution in [0.25, 0.3) is 0 Å². The van der Waals surface area contributed by atoms with Gasteiger partial charge in [-0.1, -0.05) is 24.3 Å². The van der Waals surface area contributed by atoms with Crippen molar-refractivity contribution in [2.24, 2.45) is 5.41 Å². The summed E-state index contributed by atoms with van der Waals surface area (Å²) >= 11 is 0. The molecule has 0 fully saturated rings. The molecule has 0 radical (unpaired) electrons. The van der Waals surface area contributed by atoms with Crippen molar-refractivity contribution < 1.29 is 9.53 Å². The predicted molar refractivity (Wildman–Crippen MR) is 74.0 cm³/mol. The van der Waals surface area contributed by atoms with Gasteiger partial charge in [0.1, 0.15) is 6.61 Å². The molecule has 0 amide bonds. The molecule has 0 aliphatic heterocycles. The topological polar surface area (TPSA) is 26.3 Å². The molecule has 2 nitrogen and oxygen atoms in total. The fraction of sp³-hybridized carbons (Fsp3) is 0.500. The summed E-state index contributed by atoms with van der Waals surface area (Å²) in [6.07, 6.45) is 2.01. The number of rotatable bonds is 4. The highest BCUT2D eigenvalue weighted by molar-refractivity contribution is 7.16. The van der Waals surface area contributed by atoms with E-state index in [1.165, 1.54) is 5.56 Å². The summed E-state index contributed by atoms with van der Waals surface area (Å²) in [6.45, 7) is 5.97. The van der Waals surface area contributed by atoms with Crippen LogP contribution < -0.4 is 0 Å². The first-order chi connectivity index (χ1) is 7.95. The monoisotopic (exact) mass is 252 g/mol. The first-order valence-electron chi connectivity index (χ1n) is 5.89. The Morgan fingerprint density at radius 3 is 2.35 bits per heavy atom. The quantitative estimate of drug-likeness (QED) is 0.607. The van der Waals surface area contributed by atoms with Gasteiger partial charge >= 0.3 is 5.97 Å². The number of hydrogen-bond donors (Lipinski definition) is 0. The third kappa shape index (κ3) is 4.47. The maximum atomic E-state index is 11.7. The van der Waals surface area contributed by atoms with E-state index < -0.39 is 5.41 Å². The Kier molecular flexibility index (Phi) is 5.14. The van der Waals surface area contributed by atoms with Crippen molar-refractivity contribution in [3.8, 4) is 0 Å². The number of esters is 1. The van der Waals surface area contributed by atoms with Crippen LogP contribution in [0.2, 0.25) is 0 Å². The first kappa shape index (κ1) is 14.2. The van der Waals surface area contributed by atoms with Crippen molar-refractivity contribution in [1.29, 1.82) is 0 Å². The summed E-state index contributed by atoms with van der Waals surface area (Å²) in [7, 11) is 2.72. The van der Waals surface area contributed by atoms with Crippen LogP contribution >= 0.6 is 9.24 Å². The van der Waals surface area contributed by atoms with Crippen LogP contribution in [0.4, 0.5) is 0 Å². The van der Waals surface area contributed by atoms with Gasteiger partial charge in [-0.3, -0.25) is 4.79 Å². The van der Waals surface area contributed by atoms with Gasteiger partial charge in [-0.25, -0.2) is 0 Å². The minimum absolute atomic E-state index is 0.154. The Morgan fingerprint density at radius 2 is 1.82 bits per heavy atom. The number of ether oxygens (including phenoxy) is 1. The summed E-state index contributed by atoms with van der Waals surface area (Å²) in [5.41, 5.74) is 1.92. The smallest absolute Gasteiger partial charge is 0.311 e. The average Bonchev–Trinajstić information content (AvgIpc) is 2.26. The second kappa shape index (κ2) is 6.16. The van der Waals surface area contributed by atoms with Crippen molar-refractivity contribution in [2.75, 3.05) is 6.16 Å². The van der Waals surface area contributed by atoms with E-state index in [0.717, 1.165) is 18.1 Å². The van der Waals surface area contributed by atoms with Crippen LogP contribution in [0.3, 0.4) is 0 Å². The van der Waals surface area contributed by atoms with Crippen LogP contribution in [0.1, 0.15) is 31.9 Å². The zero-order chi connectivity index (χ0) is 12.9. The van der Waals surface area contributed by atoms with Gasteiger partial charge in [0.15, 0.2) is 0 Å². The minimum atomic E-state index is -0.435. The summed E-state index contributed by atoms with van der Waals surface area (Å²) in [6, 6.07) is 8.10. The molecule has 94 valence electrons. The Bertz CT molecular complexity index is 380. The number of aryl methyl sites for hydroxylation is 1. The summed E-state index contributed by atoms with van der Waals surface area (Å²) < 4.78 is 5.33. The Hall–Kier alpha value is -0.880. The molecule has 0 spiro atoms. The highest BCUT2D eigenvalue weighted by atomic mass is 31.0. The van der Waals surface area contributed by atoms with Gasteiger partial charge < -0.3 is 4.74 Å². The molecule has 1 rings (SSSR count). The van der Waals surface area contributed by atoms with E-state index in [0.29, 0.717) is 6.61 Å².